The van der Waals surface area contributed by atoms with Gasteiger partial charge in [0, 0.05) is 11.4 Å². The number of thiazole rings is 1. The van der Waals surface area contributed by atoms with E-state index in [0.29, 0.717) is 19.5 Å². The number of likely N-dealkylation sites (tertiary alicyclic amines) is 1. The second-order valence-electron chi connectivity index (χ2n) is 5.35. The normalized spacial score (nSPS) is 18.1. The van der Waals surface area contributed by atoms with Crippen LogP contribution in [-0.2, 0) is 22.5 Å². The molecule has 0 spiro atoms. The summed E-state index contributed by atoms with van der Waals surface area (Å²) in [7, 11) is 1.35. The minimum absolute atomic E-state index is 0.113. The third-order valence-corrected chi connectivity index (χ3v) is 4.87. The van der Waals surface area contributed by atoms with Crippen molar-refractivity contribution in [1.82, 2.24) is 15.2 Å². The fraction of sp³-hybridized carbons (Fsp3) is 0.667. The molecule has 1 fully saturated rings. The number of ether oxygens (including phenoxy) is 1. The Balaban J connectivity index is 1.99. The van der Waals surface area contributed by atoms with Crippen molar-refractivity contribution in [3.8, 4) is 0 Å². The summed E-state index contributed by atoms with van der Waals surface area (Å²) in [5.41, 5.74) is 1.04. The molecule has 0 radical (unpaired) electrons. The third kappa shape index (κ3) is 3.76. The molecule has 1 aliphatic rings. The van der Waals surface area contributed by atoms with Crippen LogP contribution in [0.4, 0.5) is 4.79 Å². The summed E-state index contributed by atoms with van der Waals surface area (Å²) in [6.07, 6.45) is 2.97. The van der Waals surface area contributed by atoms with E-state index in [4.69, 9.17) is 4.74 Å². The van der Waals surface area contributed by atoms with E-state index >= 15 is 0 Å². The molecule has 1 saturated heterocycles. The van der Waals surface area contributed by atoms with Gasteiger partial charge in [0.15, 0.2) is 0 Å². The van der Waals surface area contributed by atoms with Crippen LogP contribution >= 0.6 is 11.3 Å². The molecule has 1 unspecified atom stereocenters. The van der Waals surface area contributed by atoms with Gasteiger partial charge >= 0.3 is 6.09 Å². The van der Waals surface area contributed by atoms with Crippen molar-refractivity contribution in [1.29, 1.82) is 0 Å². The van der Waals surface area contributed by atoms with Crippen LogP contribution in [0.15, 0.2) is 0 Å². The number of hydrogen-bond donors (Lipinski definition) is 1. The molecule has 0 bridgehead atoms. The van der Waals surface area contributed by atoms with Crippen molar-refractivity contribution in [3.05, 3.63) is 15.6 Å². The lowest BCUT2D eigenvalue weighted by Gasteiger charge is -2.33. The van der Waals surface area contributed by atoms with Crippen LogP contribution in [-0.4, -0.2) is 41.6 Å². The second kappa shape index (κ2) is 7.58. The largest absolute Gasteiger partial charge is 0.453 e. The number of methoxy groups -OCH3 is 1. The Bertz CT molecular complexity index is 544. The molecule has 0 aromatic carbocycles. The summed E-state index contributed by atoms with van der Waals surface area (Å²) < 4.78 is 4.77. The van der Waals surface area contributed by atoms with Gasteiger partial charge in [0.05, 0.1) is 24.4 Å². The Morgan fingerprint density at radius 3 is 2.91 bits per heavy atom. The molecule has 2 heterocycles. The molecule has 1 N–H and O–H groups in total. The summed E-state index contributed by atoms with van der Waals surface area (Å²) in [6, 6.07) is -0.430. The number of rotatable bonds is 4. The number of carbonyl (C=O) groups excluding carboxylic acids is 2. The lowest BCUT2D eigenvalue weighted by molar-refractivity contribution is -0.127. The van der Waals surface area contributed by atoms with Gasteiger partial charge in [-0.25, -0.2) is 9.78 Å². The Morgan fingerprint density at radius 2 is 2.23 bits per heavy atom. The SMILES string of the molecule is CCc1nc(C)sc1CNC(=O)C1CCCCN1C(=O)OC. The van der Waals surface area contributed by atoms with Crippen LogP contribution in [0.2, 0.25) is 0 Å². The van der Waals surface area contributed by atoms with Crippen LogP contribution in [0, 0.1) is 6.92 Å². The predicted octanol–water partition coefficient (Wildman–Crippen LogP) is 2.25. The molecule has 1 atom stereocenters. The minimum atomic E-state index is -0.430. The Kier molecular flexibility index (Phi) is 5.76. The van der Waals surface area contributed by atoms with E-state index < -0.39 is 12.1 Å². The van der Waals surface area contributed by atoms with Crippen molar-refractivity contribution < 1.29 is 14.3 Å². The molecule has 0 saturated carbocycles. The standard InChI is InChI=1S/C15H23N3O3S/c1-4-11-13(22-10(2)17-11)9-16-14(19)12-7-5-6-8-18(12)15(20)21-3/h12H,4-9H2,1-3H3,(H,16,19). The van der Waals surface area contributed by atoms with Crippen molar-refractivity contribution >= 4 is 23.3 Å². The van der Waals surface area contributed by atoms with Gasteiger partial charge in [0.25, 0.3) is 0 Å². The van der Waals surface area contributed by atoms with Gasteiger partial charge in [-0.05, 0) is 32.6 Å². The number of piperidine rings is 1. The highest BCUT2D eigenvalue weighted by atomic mass is 32.1. The summed E-state index contributed by atoms with van der Waals surface area (Å²) in [4.78, 5) is 31.3. The smallest absolute Gasteiger partial charge is 0.410 e. The van der Waals surface area contributed by atoms with Gasteiger partial charge < -0.3 is 10.1 Å². The summed E-state index contributed by atoms with van der Waals surface area (Å²) >= 11 is 1.61. The first kappa shape index (κ1) is 16.7. The average molecular weight is 325 g/mol. The molecule has 2 rings (SSSR count). The molecule has 0 aliphatic carbocycles. The number of nitrogens with zero attached hydrogens (tertiary/aromatic N) is 2. The van der Waals surface area contributed by atoms with Crippen LogP contribution in [0.5, 0.6) is 0 Å². The zero-order chi connectivity index (χ0) is 16.1. The Hall–Kier alpha value is -1.63. The zero-order valence-electron chi connectivity index (χ0n) is 13.3. The van der Waals surface area contributed by atoms with E-state index in [-0.39, 0.29) is 5.91 Å². The average Bonchev–Trinajstić information content (AvgIpc) is 2.91. The zero-order valence-corrected chi connectivity index (χ0v) is 14.2. The Labute approximate surface area is 134 Å². The van der Waals surface area contributed by atoms with Crippen molar-refractivity contribution in [2.45, 2.75) is 52.1 Å². The Morgan fingerprint density at radius 1 is 1.45 bits per heavy atom. The number of nitrogens with one attached hydrogen (secondary N) is 1. The van der Waals surface area contributed by atoms with Crippen LogP contribution in [0.1, 0.15) is 41.8 Å². The number of hydrogen-bond acceptors (Lipinski definition) is 5. The van der Waals surface area contributed by atoms with Gasteiger partial charge in [0.2, 0.25) is 5.91 Å². The van der Waals surface area contributed by atoms with E-state index in [1.807, 2.05) is 6.92 Å². The van der Waals surface area contributed by atoms with Crippen molar-refractivity contribution in [3.63, 3.8) is 0 Å². The monoisotopic (exact) mass is 325 g/mol. The third-order valence-electron chi connectivity index (χ3n) is 3.86. The number of amides is 2. The van der Waals surface area contributed by atoms with E-state index in [2.05, 4.69) is 17.2 Å². The topological polar surface area (TPSA) is 71.5 Å². The molecule has 1 aliphatic heterocycles. The van der Waals surface area contributed by atoms with Crippen molar-refractivity contribution in [2.24, 2.45) is 0 Å². The van der Waals surface area contributed by atoms with E-state index in [1.54, 1.807) is 11.3 Å². The summed E-state index contributed by atoms with van der Waals surface area (Å²) in [5, 5.41) is 3.96. The van der Waals surface area contributed by atoms with Crippen LogP contribution < -0.4 is 5.32 Å². The maximum atomic E-state index is 12.4. The molecular weight excluding hydrogens is 302 g/mol. The minimum Gasteiger partial charge on any atom is -0.453 e. The number of carbonyl (C=O) groups is 2. The molecule has 22 heavy (non-hydrogen) atoms. The van der Waals surface area contributed by atoms with E-state index in [1.165, 1.54) is 12.0 Å². The first-order valence-corrected chi connectivity index (χ1v) is 8.46. The lowest BCUT2D eigenvalue weighted by Crippen LogP contribution is -2.51. The van der Waals surface area contributed by atoms with E-state index in [0.717, 1.165) is 34.8 Å². The molecule has 6 nitrogen and oxygen atoms in total. The number of aryl methyl sites for hydroxylation is 2. The van der Waals surface area contributed by atoms with Crippen molar-refractivity contribution in [2.75, 3.05) is 13.7 Å². The molecule has 1 aromatic rings. The summed E-state index contributed by atoms with van der Waals surface area (Å²) in [6.45, 7) is 5.07. The van der Waals surface area contributed by atoms with Gasteiger partial charge in [-0.2, -0.15) is 0 Å². The van der Waals surface area contributed by atoms with Crippen LogP contribution in [0.3, 0.4) is 0 Å². The lowest BCUT2D eigenvalue weighted by atomic mass is 10.0. The number of aromatic nitrogens is 1. The van der Waals surface area contributed by atoms with Gasteiger partial charge in [0.1, 0.15) is 6.04 Å². The van der Waals surface area contributed by atoms with Gasteiger partial charge in [-0.3, -0.25) is 9.69 Å². The molecular formula is C15H23N3O3S. The highest BCUT2D eigenvalue weighted by Gasteiger charge is 2.32. The fourth-order valence-corrected chi connectivity index (χ4v) is 3.72. The quantitative estimate of drug-likeness (QED) is 0.921. The first-order valence-electron chi connectivity index (χ1n) is 7.64. The van der Waals surface area contributed by atoms with E-state index in [9.17, 15) is 9.59 Å². The highest BCUT2D eigenvalue weighted by Crippen LogP contribution is 2.20. The maximum absolute atomic E-state index is 12.4. The van der Waals surface area contributed by atoms with Gasteiger partial charge in [-0.15, -0.1) is 11.3 Å². The highest BCUT2D eigenvalue weighted by molar-refractivity contribution is 7.11. The van der Waals surface area contributed by atoms with Gasteiger partial charge in [-0.1, -0.05) is 6.92 Å². The second-order valence-corrected chi connectivity index (χ2v) is 6.64. The molecule has 7 heteroatoms. The first-order chi connectivity index (χ1) is 10.6. The molecule has 1 aromatic heterocycles. The predicted molar refractivity (Wildman–Crippen MR) is 84.8 cm³/mol. The fourth-order valence-electron chi connectivity index (χ4n) is 2.75. The summed E-state index contributed by atoms with van der Waals surface area (Å²) in [5.74, 6) is -0.113. The van der Waals surface area contributed by atoms with Crippen LogP contribution in [0.25, 0.3) is 0 Å². The maximum Gasteiger partial charge on any atom is 0.410 e. The molecule has 122 valence electrons. The molecule has 2 amide bonds.